The molecule has 0 bridgehead atoms. The molecular formula is C23H29N5O3. The first-order valence-corrected chi connectivity index (χ1v) is 10.6. The number of aromatic nitrogens is 3. The Labute approximate surface area is 182 Å². The van der Waals surface area contributed by atoms with Crippen molar-refractivity contribution in [3.05, 3.63) is 42.6 Å². The van der Waals surface area contributed by atoms with Gasteiger partial charge in [-0.3, -0.25) is 9.78 Å². The van der Waals surface area contributed by atoms with E-state index in [0.29, 0.717) is 23.6 Å². The van der Waals surface area contributed by atoms with Gasteiger partial charge in [-0.25, -0.2) is 4.98 Å². The number of nitrogens with two attached hydrogens (primary N) is 1. The molecule has 1 saturated heterocycles. The van der Waals surface area contributed by atoms with Crippen LogP contribution < -0.4 is 15.2 Å². The van der Waals surface area contributed by atoms with Crippen LogP contribution in [-0.2, 0) is 11.3 Å². The number of carbonyl (C=O) groups is 1. The Kier molecular flexibility index (Phi) is 6.25. The number of ether oxygens (including phenoxy) is 2. The van der Waals surface area contributed by atoms with Gasteiger partial charge in [-0.2, -0.15) is 0 Å². The van der Waals surface area contributed by atoms with Crippen molar-refractivity contribution < 1.29 is 14.3 Å². The summed E-state index contributed by atoms with van der Waals surface area (Å²) in [7, 11) is 3.23. The van der Waals surface area contributed by atoms with Gasteiger partial charge in [-0.1, -0.05) is 0 Å². The SMILES string of the molecule is COc1cc2cc(N)c(C3CCN(C(=O)CCCn4ccnc4)CC3)nc2cc1OC. The Morgan fingerprint density at radius 1 is 1.16 bits per heavy atom. The predicted octanol–water partition coefficient (Wildman–Crippen LogP) is 3.22. The van der Waals surface area contributed by atoms with Crippen molar-refractivity contribution in [1.29, 1.82) is 0 Å². The van der Waals surface area contributed by atoms with Crippen LogP contribution in [0, 0.1) is 0 Å². The molecule has 8 heteroatoms. The summed E-state index contributed by atoms with van der Waals surface area (Å²) in [6, 6.07) is 5.73. The number of nitrogen functional groups attached to an aromatic ring is 1. The fourth-order valence-corrected chi connectivity index (χ4v) is 4.25. The Balaban J connectivity index is 1.39. The third-order valence-corrected chi connectivity index (χ3v) is 5.98. The molecule has 8 nitrogen and oxygen atoms in total. The molecule has 2 N–H and O–H groups in total. The number of nitrogens with zero attached hydrogens (tertiary/aromatic N) is 4. The number of methoxy groups -OCH3 is 2. The normalized spacial score (nSPS) is 14.7. The number of imidazole rings is 1. The zero-order valence-electron chi connectivity index (χ0n) is 18.1. The van der Waals surface area contributed by atoms with Gasteiger partial charge in [0.15, 0.2) is 11.5 Å². The second-order valence-electron chi connectivity index (χ2n) is 7.92. The first-order chi connectivity index (χ1) is 15.1. The molecule has 1 fully saturated rings. The van der Waals surface area contributed by atoms with Gasteiger partial charge in [0, 0.05) is 55.8 Å². The first-order valence-electron chi connectivity index (χ1n) is 10.6. The lowest BCUT2D eigenvalue weighted by Gasteiger charge is -2.32. The van der Waals surface area contributed by atoms with E-state index in [4.69, 9.17) is 20.2 Å². The highest BCUT2D eigenvalue weighted by molar-refractivity contribution is 5.86. The van der Waals surface area contributed by atoms with Crippen LogP contribution in [0.1, 0.15) is 37.3 Å². The van der Waals surface area contributed by atoms with Crippen molar-refractivity contribution >= 4 is 22.5 Å². The number of pyridine rings is 1. The third kappa shape index (κ3) is 4.57. The number of fused-ring (bicyclic) bond motifs is 1. The molecule has 0 atom stereocenters. The molecule has 1 aliphatic heterocycles. The minimum atomic E-state index is 0.217. The number of carbonyl (C=O) groups excluding carboxylic acids is 1. The maximum absolute atomic E-state index is 12.6. The van der Waals surface area contributed by atoms with E-state index in [0.717, 1.165) is 55.5 Å². The number of piperidine rings is 1. The van der Waals surface area contributed by atoms with Crippen LogP contribution in [0.2, 0.25) is 0 Å². The largest absolute Gasteiger partial charge is 0.493 e. The number of hydrogen-bond acceptors (Lipinski definition) is 6. The Morgan fingerprint density at radius 2 is 1.90 bits per heavy atom. The number of aryl methyl sites for hydroxylation is 1. The van der Waals surface area contributed by atoms with E-state index >= 15 is 0 Å². The number of likely N-dealkylation sites (tertiary alicyclic amines) is 1. The molecule has 0 radical (unpaired) electrons. The fourth-order valence-electron chi connectivity index (χ4n) is 4.25. The molecule has 31 heavy (non-hydrogen) atoms. The van der Waals surface area contributed by atoms with Gasteiger partial charge < -0.3 is 24.7 Å². The lowest BCUT2D eigenvalue weighted by molar-refractivity contribution is -0.132. The van der Waals surface area contributed by atoms with Crippen LogP contribution in [0.25, 0.3) is 10.9 Å². The van der Waals surface area contributed by atoms with Crippen LogP contribution in [-0.4, -0.2) is 52.7 Å². The second-order valence-corrected chi connectivity index (χ2v) is 7.92. The number of benzene rings is 1. The average molecular weight is 424 g/mol. The maximum atomic E-state index is 12.6. The summed E-state index contributed by atoms with van der Waals surface area (Å²) in [5.41, 5.74) is 8.79. The highest BCUT2D eigenvalue weighted by atomic mass is 16.5. The van der Waals surface area contributed by atoms with Gasteiger partial charge in [-0.15, -0.1) is 0 Å². The molecule has 164 valence electrons. The summed E-state index contributed by atoms with van der Waals surface area (Å²) in [6.07, 6.45) is 8.56. The molecular weight excluding hydrogens is 394 g/mol. The van der Waals surface area contributed by atoms with E-state index in [1.807, 2.05) is 33.9 Å². The lowest BCUT2D eigenvalue weighted by Crippen LogP contribution is -2.38. The van der Waals surface area contributed by atoms with Crippen molar-refractivity contribution in [2.75, 3.05) is 33.0 Å². The van der Waals surface area contributed by atoms with E-state index < -0.39 is 0 Å². The molecule has 0 aliphatic carbocycles. The molecule has 3 aromatic rings. The molecule has 0 unspecified atom stereocenters. The third-order valence-electron chi connectivity index (χ3n) is 5.98. The Morgan fingerprint density at radius 3 is 2.58 bits per heavy atom. The topological polar surface area (TPSA) is 95.5 Å². The van der Waals surface area contributed by atoms with E-state index in [1.165, 1.54) is 0 Å². The molecule has 1 aromatic carbocycles. The quantitative estimate of drug-likeness (QED) is 0.627. The van der Waals surface area contributed by atoms with Crippen molar-refractivity contribution in [2.45, 2.75) is 38.1 Å². The van der Waals surface area contributed by atoms with E-state index in [1.54, 1.807) is 26.7 Å². The van der Waals surface area contributed by atoms with Crippen molar-refractivity contribution in [3.8, 4) is 11.5 Å². The molecule has 1 amide bonds. The first kappa shape index (κ1) is 21.0. The minimum Gasteiger partial charge on any atom is -0.493 e. The maximum Gasteiger partial charge on any atom is 0.222 e. The van der Waals surface area contributed by atoms with Crippen molar-refractivity contribution in [2.24, 2.45) is 0 Å². The molecule has 4 rings (SSSR count). The lowest BCUT2D eigenvalue weighted by atomic mass is 9.91. The van der Waals surface area contributed by atoms with Crippen LogP contribution in [0.3, 0.4) is 0 Å². The number of amides is 1. The molecule has 0 spiro atoms. The van der Waals surface area contributed by atoms with Gasteiger partial charge >= 0.3 is 0 Å². The number of hydrogen-bond donors (Lipinski definition) is 1. The second kappa shape index (κ2) is 9.24. The van der Waals surface area contributed by atoms with E-state index in [-0.39, 0.29) is 11.8 Å². The zero-order chi connectivity index (χ0) is 21.8. The summed E-state index contributed by atoms with van der Waals surface area (Å²) in [5, 5.41) is 0.921. The highest BCUT2D eigenvalue weighted by Gasteiger charge is 2.26. The smallest absolute Gasteiger partial charge is 0.222 e. The molecule has 2 aromatic heterocycles. The minimum absolute atomic E-state index is 0.217. The fraction of sp³-hybridized carbons (Fsp3) is 0.435. The van der Waals surface area contributed by atoms with Crippen LogP contribution in [0.5, 0.6) is 11.5 Å². The van der Waals surface area contributed by atoms with Gasteiger partial charge in [0.25, 0.3) is 0 Å². The van der Waals surface area contributed by atoms with Gasteiger partial charge in [-0.05, 0) is 31.4 Å². The van der Waals surface area contributed by atoms with Gasteiger partial charge in [0.1, 0.15) is 0 Å². The van der Waals surface area contributed by atoms with E-state index in [9.17, 15) is 4.79 Å². The zero-order valence-corrected chi connectivity index (χ0v) is 18.1. The predicted molar refractivity (Wildman–Crippen MR) is 119 cm³/mol. The highest BCUT2D eigenvalue weighted by Crippen LogP contribution is 2.36. The van der Waals surface area contributed by atoms with E-state index in [2.05, 4.69) is 4.98 Å². The summed E-state index contributed by atoms with van der Waals surface area (Å²) >= 11 is 0. The average Bonchev–Trinajstić information content (AvgIpc) is 3.31. The standard InChI is InChI=1S/C23H29N5O3/c1-30-20-13-17-12-18(24)23(26-19(17)14-21(20)31-2)16-5-9-28(10-6-16)22(29)4-3-8-27-11-7-25-15-27/h7,11-16H,3-6,8-10,24H2,1-2H3. The van der Waals surface area contributed by atoms with Crippen LogP contribution in [0.4, 0.5) is 5.69 Å². The molecule has 1 aliphatic rings. The molecule has 3 heterocycles. The molecule has 0 saturated carbocycles. The summed E-state index contributed by atoms with van der Waals surface area (Å²) in [6.45, 7) is 2.29. The van der Waals surface area contributed by atoms with Crippen LogP contribution in [0.15, 0.2) is 36.9 Å². The Bertz CT molecular complexity index is 1040. The Hall–Kier alpha value is -3.29. The summed E-state index contributed by atoms with van der Waals surface area (Å²) < 4.78 is 12.8. The van der Waals surface area contributed by atoms with Crippen molar-refractivity contribution in [1.82, 2.24) is 19.4 Å². The summed E-state index contributed by atoms with van der Waals surface area (Å²) in [4.78, 5) is 23.4. The monoisotopic (exact) mass is 423 g/mol. The van der Waals surface area contributed by atoms with Gasteiger partial charge in [0.05, 0.1) is 37.4 Å². The number of rotatable bonds is 7. The summed E-state index contributed by atoms with van der Waals surface area (Å²) in [5.74, 6) is 1.76. The van der Waals surface area contributed by atoms with Crippen LogP contribution >= 0.6 is 0 Å². The van der Waals surface area contributed by atoms with Gasteiger partial charge in [0.2, 0.25) is 5.91 Å². The van der Waals surface area contributed by atoms with Crippen molar-refractivity contribution in [3.63, 3.8) is 0 Å². The number of anilines is 1.